The summed E-state index contributed by atoms with van der Waals surface area (Å²) in [5.41, 5.74) is 7.70. The summed E-state index contributed by atoms with van der Waals surface area (Å²) in [5, 5.41) is 0. The summed E-state index contributed by atoms with van der Waals surface area (Å²) < 4.78 is 5.84. The van der Waals surface area contributed by atoms with Gasteiger partial charge in [-0.25, -0.2) is 0 Å². The first kappa shape index (κ1) is 13.0. The maximum atomic E-state index is 5.84. The van der Waals surface area contributed by atoms with Crippen molar-refractivity contribution in [2.45, 2.75) is 39.7 Å². The number of nitrogen functional groups attached to an aromatic ring is 1. The molecule has 0 aliphatic carbocycles. The van der Waals surface area contributed by atoms with E-state index in [1.54, 1.807) is 0 Å². The van der Waals surface area contributed by atoms with Crippen LogP contribution in [0.5, 0.6) is 0 Å². The summed E-state index contributed by atoms with van der Waals surface area (Å²) in [5.74, 6) is 0.633. The largest absolute Gasteiger partial charge is 0.399 e. The van der Waals surface area contributed by atoms with E-state index < -0.39 is 0 Å². The summed E-state index contributed by atoms with van der Waals surface area (Å²) in [6.07, 6.45) is 2.57. The smallest absolute Gasteiger partial charge is 0.0797 e. The third kappa shape index (κ3) is 4.23. The maximum Gasteiger partial charge on any atom is 0.0797 e. The topological polar surface area (TPSA) is 35.2 Å². The van der Waals surface area contributed by atoms with Crippen LogP contribution in [0, 0.1) is 5.92 Å². The molecule has 0 bridgehead atoms. The minimum atomic E-state index is 0.128. The molecule has 1 aromatic carbocycles. The van der Waals surface area contributed by atoms with E-state index in [1.807, 2.05) is 18.2 Å². The van der Waals surface area contributed by atoms with Crippen LogP contribution in [0.15, 0.2) is 24.3 Å². The zero-order chi connectivity index (χ0) is 12.0. The van der Waals surface area contributed by atoms with Gasteiger partial charge in [0.2, 0.25) is 0 Å². The van der Waals surface area contributed by atoms with E-state index >= 15 is 0 Å². The number of hydrogen-bond acceptors (Lipinski definition) is 2. The minimum absolute atomic E-state index is 0.128. The van der Waals surface area contributed by atoms with Gasteiger partial charge in [-0.1, -0.05) is 32.4 Å². The Bertz CT molecular complexity index is 311. The highest BCUT2D eigenvalue weighted by Gasteiger charge is 2.08. The lowest BCUT2D eigenvalue weighted by Gasteiger charge is -2.17. The van der Waals surface area contributed by atoms with E-state index in [0.29, 0.717) is 5.92 Å². The number of ether oxygens (including phenoxy) is 1. The zero-order valence-electron chi connectivity index (χ0n) is 10.6. The molecule has 0 aliphatic rings. The molecule has 0 radical (unpaired) electrons. The molecule has 1 rings (SSSR count). The van der Waals surface area contributed by atoms with Crippen LogP contribution in [0.2, 0.25) is 0 Å². The quantitative estimate of drug-likeness (QED) is 0.742. The molecular weight excluding hydrogens is 198 g/mol. The molecule has 0 aromatic heterocycles. The predicted octanol–water partition coefficient (Wildman–Crippen LogP) is 3.78. The molecule has 2 atom stereocenters. The normalized spacial score (nSPS) is 14.7. The molecule has 1 aromatic rings. The molecule has 2 unspecified atom stereocenters. The summed E-state index contributed by atoms with van der Waals surface area (Å²) in [7, 11) is 0. The fraction of sp³-hybridized carbons (Fsp3) is 0.571. The monoisotopic (exact) mass is 221 g/mol. The molecule has 2 nitrogen and oxygen atoms in total. The fourth-order valence-electron chi connectivity index (χ4n) is 1.79. The Kier molecular flexibility index (Phi) is 5.33. The first-order chi connectivity index (χ1) is 7.63. The van der Waals surface area contributed by atoms with Gasteiger partial charge in [0.1, 0.15) is 0 Å². The minimum Gasteiger partial charge on any atom is -0.399 e. The molecule has 2 N–H and O–H groups in total. The second-order valence-corrected chi connectivity index (χ2v) is 4.54. The van der Waals surface area contributed by atoms with E-state index in [0.717, 1.165) is 17.9 Å². The van der Waals surface area contributed by atoms with Crippen LogP contribution in [0.1, 0.15) is 45.3 Å². The van der Waals surface area contributed by atoms with Crippen LogP contribution in [0.4, 0.5) is 5.69 Å². The molecule has 0 fully saturated rings. The van der Waals surface area contributed by atoms with Crippen molar-refractivity contribution in [1.82, 2.24) is 0 Å². The van der Waals surface area contributed by atoms with Crippen molar-refractivity contribution in [2.24, 2.45) is 5.92 Å². The zero-order valence-corrected chi connectivity index (χ0v) is 10.6. The summed E-state index contributed by atoms with van der Waals surface area (Å²) >= 11 is 0. The van der Waals surface area contributed by atoms with Gasteiger partial charge in [0.25, 0.3) is 0 Å². The van der Waals surface area contributed by atoms with Gasteiger partial charge in [0.15, 0.2) is 0 Å². The molecule has 2 heteroatoms. The van der Waals surface area contributed by atoms with Gasteiger partial charge in [-0.2, -0.15) is 0 Å². The Morgan fingerprint density at radius 1 is 1.31 bits per heavy atom. The second kappa shape index (κ2) is 6.54. The van der Waals surface area contributed by atoms with Crippen LogP contribution in [0.25, 0.3) is 0 Å². The number of anilines is 1. The van der Waals surface area contributed by atoms with Crippen molar-refractivity contribution in [3.63, 3.8) is 0 Å². The first-order valence-electron chi connectivity index (χ1n) is 6.10. The fourth-order valence-corrected chi connectivity index (χ4v) is 1.79. The molecule has 0 aliphatic heterocycles. The first-order valence-corrected chi connectivity index (χ1v) is 6.10. The van der Waals surface area contributed by atoms with Gasteiger partial charge < -0.3 is 10.5 Å². The molecule has 0 saturated heterocycles. The van der Waals surface area contributed by atoms with E-state index in [1.165, 1.54) is 12.8 Å². The van der Waals surface area contributed by atoms with Crippen molar-refractivity contribution >= 4 is 5.69 Å². The highest BCUT2D eigenvalue weighted by atomic mass is 16.5. The number of nitrogens with two attached hydrogens (primary N) is 1. The van der Waals surface area contributed by atoms with Gasteiger partial charge >= 0.3 is 0 Å². The lowest BCUT2D eigenvalue weighted by molar-refractivity contribution is 0.0413. The van der Waals surface area contributed by atoms with Gasteiger partial charge in [-0.3, -0.25) is 0 Å². The third-order valence-corrected chi connectivity index (χ3v) is 2.79. The van der Waals surface area contributed by atoms with Crippen molar-refractivity contribution < 1.29 is 4.74 Å². The summed E-state index contributed by atoms with van der Waals surface area (Å²) in [6.45, 7) is 7.34. The van der Waals surface area contributed by atoms with E-state index in [9.17, 15) is 0 Å². The van der Waals surface area contributed by atoms with E-state index in [4.69, 9.17) is 10.5 Å². The molecule has 90 valence electrons. The van der Waals surface area contributed by atoms with Gasteiger partial charge in [0, 0.05) is 12.3 Å². The molecule has 0 heterocycles. The summed E-state index contributed by atoms with van der Waals surface area (Å²) in [6, 6.07) is 7.91. The van der Waals surface area contributed by atoms with Crippen molar-refractivity contribution in [1.29, 1.82) is 0 Å². The van der Waals surface area contributed by atoms with Crippen LogP contribution < -0.4 is 5.73 Å². The molecule has 0 amide bonds. The second-order valence-electron chi connectivity index (χ2n) is 4.54. The van der Waals surface area contributed by atoms with Crippen molar-refractivity contribution in [2.75, 3.05) is 12.3 Å². The predicted molar refractivity (Wildman–Crippen MR) is 69.3 cm³/mol. The number of rotatable bonds is 6. The van der Waals surface area contributed by atoms with Gasteiger partial charge in [-0.05, 0) is 37.0 Å². The lowest BCUT2D eigenvalue weighted by atomic mass is 10.1. The van der Waals surface area contributed by atoms with Crippen molar-refractivity contribution in [3.05, 3.63) is 29.8 Å². The molecule has 16 heavy (non-hydrogen) atoms. The Hall–Kier alpha value is -1.02. The Balaban J connectivity index is 2.43. The Labute approximate surface area is 98.8 Å². The summed E-state index contributed by atoms with van der Waals surface area (Å²) in [4.78, 5) is 0. The van der Waals surface area contributed by atoms with E-state index in [-0.39, 0.29) is 6.10 Å². The highest BCUT2D eigenvalue weighted by molar-refractivity contribution is 5.41. The van der Waals surface area contributed by atoms with Crippen LogP contribution in [0.3, 0.4) is 0 Å². The molecule has 0 saturated carbocycles. The SMILES string of the molecule is CCCC(C)COC(C)c1cccc(N)c1. The third-order valence-electron chi connectivity index (χ3n) is 2.79. The lowest BCUT2D eigenvalue weighted by Crippen LogP contribution is -2.09. The van der Waals surface area contributed by atoms with Crippen LogP contribution in [-0.2, 0) is 4.74 Å². The number of benzene rings is 1. The Morgan fingerprint density at radius 3 is 2.69 bits per heavy atom. The van der Waals surface area contributed by atoms with Gasteiger partial charge in [0.05, 0.1) is 6.10 Å². The average Bonchev–Trinajstić information content (AvgIpc) is 2.26. The number of hydrogen-bond donors (Lipinski definition) is 1. The van der Waals surface area contributed by atoms with Crippen molar-refractivity contribution in [3.8, 4) is 0 Å². The average molecular weight is 221 g/mol. The Morgan fingerprint density at radius 2 is 2.06 bits per heavy atom. The van der Waals surface area contributed by atoms with Crippen LogP contribution in [-0.4, -0.2) is 6.61 Å². The highest BCUT2D eigenvalue weighted by Crippen LogP contribution is 2.20. The van der Waals surface area contributed by atoms with E-state index in [2.05, 4.69) is 26.8 Å². The molecular formula is C14H23NO. The molecule has 0 spiro atoms. The standard InChI is InChI=1S/C14H23NO/c1-4-6-11(2)10-16-12(3)13-7-5-8-14(15)9-13/h5,7-9,11-12H,4,6,10,15H2,1-3H3. The van der Waals surface area contributed by atoms with Crippen LogP contribution >= 0.6 is 0 Å². The maximum absolute atomic E-state index is 5.84. The van der Waals surface area contributed by atoms with Gasteiger partial charge in [-0.15, -0.1) is 0 Å².